The summed E-state index contributed by atoms with van der Waals surface area (Å²) in [6.07, 6.45) is -4.22. The fourth-order valence-electron chi connectivity index (χ4n) is 4.37. The summed E-state index contributed by atoms with van der Waals surface area (Å²) in [6.45, 7) is 6.81. The predicted octanol–water partition coefficient (Wildman–Crippen LogP) is 3.02. The third-order valence-corrected chi connectivity index (χ3v) is 6.20. The molecule has 0 spiro atoms. The maximum atomic E-state index is 13.4. The van der Waals surface area contributed by atoms with Crippen molar-refractivity contribution in [3.8, 4) is 0 Å². The number of aliphatic hydroxyl groups is 1. The van der Waals surface area contributed by atoms with E-state index in [0.717, 1.165) is 0 Å². The number of hydrogen-bond acceptors (Lipinski definition) is 8. The first kappa shape index (κ1) is 25.4. The fraction of sp³-hybridized carbons (Fsp3) is 0.542. The fourth-order valence-corrected chi connectivity index (χ4v) is 4.37. The number of rotatable bonds is 8. The lowest BCUT2D eigenvalue weighted by Crippen LogP contribution is -2.47. The van der Waals surface area contributed by atoms with E-state index in [0.29, 0.717) is 49.9 Å². The van der Waals surface area contributed by atoms with E-state index in [9.17, 15) is 18.7 Å². The average molecular weight is 493 g/mol. The largest absolute Gasteiger partial charge is 0.379 e. The molecule has 9 nitrogen and oxygen atoms in total. The molecule has 2 fully saturated rings. The van der Waals surface area contributed by atoms with Crippen molar-refractivity contribution in [2.24, 2.45) is 0 Å². The standard InChI is InChI=1S/C24H30F2N4O5/c1-13-15(20(25)26)5-4-6-16(13)22(32)29-21-19(23-34-9-10-35-23)17(27-14(2)28-21)11-18(31)30-24(3)7-8-33-12-24/h4-6,20,22-23,32H,7-12H2,1-3H3,(H,30,31)(H,27,28,29). The lowest BCUT2D eigenvalue weighted by atomic mass is 10.0. The van der Waals surface area contributed by atoms with E-state index in [4.69, 9.17) is 14.2 Å². The van der Waals surface area contributed by atoms with Crippen molar-refractivity contribution >= 4 is 11.7 Å². The number of benzene rings is 1. The quantitative estimate of drug-likeness (QED) is 0.482. The number of carbonyl (C=O) groups is 1. The van der Waals surface area contributed by atoms with Crippen LogP contribution in [0.2, 0.25) is 0 Å². The van der Waals surface area contributed by atoms with Gasteiger partial charge >= 0.3 is 0 Å². The van der Waals surface area contributed by atoms with Crippen LogP contribution in [0.15, 0.2) is 18.2 Å². The highest BCUT2D eigenvalue weighted by molar-refractivity contribution is 5.79. The number of aromatic nitrogens is 2. The Balaban J connectivity index is 1.64. The van der Waals surface area contributed by atoms with Gasteiger partial charge in [0.2, 0.25) is 5.91 Å². The van der Waals surface area contributed by atoms with Crippen LogP contribution in [-0.2, 0) is 25.4 Å². The molecule has 1 aromatic heterocycles. The van der Waals surface area contributed by atoms with Gasteiger partial charge in [0.15, 0.2) is 12.5 Å². The smallest absolute Gasteiger partial charge is 0.264 e. The number of carbonyl (C=O) groups excluding carboxylic acids is 1. The molecule has 2 aromatic rings. The van der Waals surface area contributed by atoms with Crippen molar-refractivity contribution in [1.29, 1.82) is 0 Å². The van der Waals surface area contributed by atoms with E-state index in [1.54, 1.807) is 13.0 Å². The number of alkyl halides is 2. The molecular formula is C24H30F2N4O5. The van der Waals surface area contributed by atoms with E-state index >= 15 is 0 Å². The molecule has 0 saturated carbocycles. The van der Waals surface area contributed by atoms with Gasteiger partial charge in [-0.25, -0.2) is 18.7 Å². The second kappa shape index (κ2) is 10.5. The number of ether oxygens (including phenoxy) is 3. The van der Waals surface area contributed by atoms with Gasteiger partial charge in [-0.2, -0.15) is 0 Å². The molecule has 190 valence electrons. The number of aliphatic hydroxyl groups excluding tert-OH is 1. The molecule has 1 aromatic carbocycles. The van der Waals surface area contributed by atoms with Gasteiger partial charge in [-0.05, 0) is 32.8 Å². The number of anilines is 1. The summed E-state index contributed by atoms with van der Waals surface area (Å²) in [5.74, 6) is 0.317. The van der Waals surface area contributed by atoms with Gasteiger partial charge in [-0.3, -0.25) is 4.79 Å². The number of halogens is 2. The Hall–Kier alpha value is -2.73. The molecule has 4 rings (SSSR count). The Morgan fingerprint density at radius 2 is 1.91 bits per heavy atom. The molecule has 3 N–H and O–H groups in total. The molecule has 2 unspecified atom stereocenters. The van der Waals surface area contributed by atoms with Crippen LogP contribution < -0.4 is 10.6 Å². The summed E-state index contributed by atoms with van der Waals surface area (Å²) in [6, 6.07) is 4.35. The number of hydrogen-bond donors (Lipinski definition) is 3. The summed E-state index contributed by atoms with van der Waals surface area (Å²) in [4.78, 5) is 21.8. The monoisotopic (exact) mass is 492 g/mol. The Morgan fingerprint density at radius 3 is 2.57 bits per heavy atom. The molecule has 1 amide bonds. The van der Waals surface area contributed by atoms with Crippen LogP contribution in [0, 0.1) is 13.8 Å². The van der Waals surface area contributed by atoms with E-state index in [1.807, 2.05) is 6.92 Å². The number of amides is 1. The van der Waals surface area contributed by atoms with E-state index in [1.165, 1.54) is 19.1 Å². The number of aryl methyl sites for hydroxylation is 1. The first-order valence-corrected chi connectivity index (χ1v) is 11.5. The van der Waals surface area contributed by atoms with Gasteiger partial charge in [0, 0.05) is 17.7 Å². The SMILES string of the molecule is Cc1nc(CC(=O)NC2(C)CCOC2)c(C2OCCO2)c(NC(O)c2cccc(C(F)F)c2C)n1. The van der Waals surface area contributed by atoms with Crippen LogP contribution in [-0.4, -0.2) is 52.9 Å². The van der Waals surface area contributed by atoms with Crippen LogP contribution in [0.1, 0.15) is 66.1 Å². The average Bonchev–Trinajstić information content (AvgIpc) is 3.45. The Morgan fingerprint density at radius 1 is 1.20 bits per heavy atom. The molecule has 2 atom stereocenters. The lowest BCUT2D eigenvalue weighted by molar-refractivity contribution is -0.122. The Kier molecular flexibility index (Phi) is 7.60. The van der Waals surface area contributed by atoms with Gasteiger partial charge in [0.25, 0.3) is 6.43 Å². The van der Waals surface area contributed by atoms with Crippen molar-refractivity contribution in [2.45, 2.75) is 58.1 Å². The van der Waals surface area contributed by atoms with E-state index < -0.39 is 24.5 Å². The maximum Gasteiger partial charge on any atom is 0.264 e. The second-order valence-electron chi connectivity index (χ2n) is 9.05. The Bertz CT molecular complexity index is 1070. The Labute approximate surface area is 202 Å². The summed E-state index contributed by atoms with van der Waals surface area (Å²) in [5, 5.41) is 16.8. The van der Waals surface area contributed by atoms with Gasteiger partial charge < -0.3 is 30.0 Å². The van der Waals surface area contributed by atoms with Crippen molar-refractivity contribution < 1.29 is 32.9 Å². The molecule has 0 bridgehead atoms. The molecule has 3 heterocycles. The summed E-state index contributed by atoms with van der Waals surface area (Å²) >= 11 is 0. The van der Waals surface area contributed by atoms with Crippen molar-refractivity contribution in [2.75, 3.05) is 31.7 Å². The highest BCUT2D eigenvalue weighted by atomic mass is 19.3. The molecule has 0 aliphatic carbocycles. The normalized spacial score (nSPS) is 21.5. The summed E-state index contributed by atoms with van der Waals surface area (Å²) in [5.41, 5.74) is 0.715. The van der Waals surface area contributed by atoms with Crippen molar-refractivity contribution in [3.05, 3.63) is 52.0 Å². The summed E-state index contributed by atoms with van der Waals surface area (Å²) < 4.78 is 43.5. The van der Waals surface area contributed by atoms with Crippen LogP contribution in [0.5, 0.6) is 0 Å². The van der Waals surface area contributed by atoms with Crippen LogP contribution in [0.25, 0.3) is 0 Å². The van der Waals surface area contributed by atoms with Crippen LogP contribution in [0.4, 0.5) is 14.6 Å². The van der Waals surface area contributed by atoms with Crippen LogP contribution in [0.3, 0.4) is 0 Å². The van der Waals surface area contributed by atoms with Gasteiger partial charge in [0.05, 0.1) is 43.0 Å². The zero-order valence-electron chi connectivity index (χ0n) is 19.9. The molecule has 35 heavy (non-hydrogen) atoms. The highest BCUT2D eigenvalue weighted by Gasteiger charge is 2.33. The molecule has 2 aliphatic rings. The minimum Gasteiger partial charge on any atom is -0.379 e. The third kappa shape index (κ3) is 5.75. The minimum atomic E-state index is -2.67. The number of nitrogens with one attached hydrogen (secondary N) is 2. The molecular weight excluding hydrogens is 462 g/mol. The highest BCUT2D eigenvalue weighted by Crippen LogP contribution is 2.34. The zero-order valence-corrected chi connectivity index (χ0v) is 19.9. The maximum absolute atomic E-state index is 13.4. The summed E-state index contributed by atoms with van der Waals surface area (Å²) in [7, 11) is 0. The van der Waals surface area contributed by atoms with Gasteiger partial charge in [0.1, 0.15) is 11.6 Å². The minimum absolute atomic E-state index is 0.0673. The first-order valence-electron chi connectivity index (χ1n) is 11.5. The first-order chi connectivity index (χ1) is 16.7. The van der Waals surface area contributed by atoms with E-state index in [2.05, 4.69) is 20.6 Å². The van der Waals surface area contributed by atoms with Gasteiger partial charge in [-0.1, -0.05) is 18.2 Å². The molecule has 0 radical (unpaired) electrons. The van der Waals surface area contributed by atoms with E-state index in [-0.39, 0.29) is 34.8 Å². The zero-order chi connectivity index (χ0) is 25.2. The van der Waals surface area contributed by atoms with Crippen LogP contribution >= 0.6 is 0 Å². The second-order valence-corrected chi connectivity index (χ2v) is 9.05. The van der Waals surface area contributed by atoms with Crippen molar-refractivity contribution in [1.82, 2.24) is 15.3 Å². The molecule has 2 aliphatic heterocycles. The molecule has 2 saturated heterocycles. The number of nitrogens with zero attached hydrogens (tertiary/aromatic N) is 2. The molecule has 11 heteroatoms. The van der Waals surface area contributed by atoms with Crippen molar-refractivity contribution in [3.63, 3.8) is 0 Å². The van der Waals surface area contributed by atoms with Gasteiger partial charge in [-0.15, -0.1) is 0 Å². The predicted molar refractivity (Wildman–Crippen MR) is 122 cm³/mol. The third-order valence-electron chi connectivity index (χ3n) is 6.20. The lowest BCUT2D eigenvalue weighted by Gasteiger charge is -2.25. The topological polar surface area (TPSA) is 115 Å².